The molecule has 0 saturated carbocycles. The average Bonchev–Trinajstić information content (AvgIpc) is 2.44. The van der Waals surface area contributed by atoms with Crippen molar-refractivity contribution in [2.24, 2.45) is 0 Å². The molecule has 0 fully saturated rings. The maximum atomic E-state index is 11.9. The highest BCUT2D eigenvalue weighted by molar-refractivity contribution is 6.09. The van der Waals surface area contributed by atoms with Crippen LogP contribution in [-0.2, 0) is 9.22 Å². The van der Waals surface area contributed by atoms with Gasteiger partial charge in [0.2, 0.25) is 0 Å². The molecule has 109 valence electrons. The van der Waals surface area contributed by atoms with E-state index in [0.29, 0.717) is 0 Å². The van der Waals surface area contributed by atoms with Crippen molar-refractivity contribution in [3.63, 3.8) is 0 Å². The molecule has 0 spiro atoms. The highest BCUT2D eigenvalue weighted by Crippen LogP contribution is 2.24. The first-order valence-electron chi connectivity index (χ1n) is 7.79. The molecule has 0 atom stereocenters. The van der Waals surface area contributed by atoms with Crippen LogP contribution in [0.1, 0.15) is 85.0 Å². The number of hydrogen-bond acceptors (Lipinski definition) is 2. The van der Waals surface area contributed by atoms with Crippen LogP contribution < -0.4 is 0 Å². The number of carbonyl (C=O) groups excluding carboxylic acids is 1. The van der Waals surface area contributed by atoms with Crippen molar-refractivity contribution in [1.82, 2.24) is 0 Å². The summed E-state index contributed by atoms with van der Waals surface area (Å²) in [5, 5.41) is 0. The van der Waals surface area contributed by atoms with Crippen LogP contribution in [0.2, 0.25) is 0 Å². The molecule has 0 heterocycles. The van der Waals surface area contributed by atoms with Crippen molar-refractivity contribution in [1.29, 1.82) is 0 Å². The largest absolute Gasteiger partial charge is 0.513 e. The van der Waals surface area contributed by atoms with Gasteiger partial charge in [-0.2, -0.15) is 0 Å². The summed E-state index contributed by atoms with van der Waals surface area (Å²) in [5.41, 5.74) is 2.24. The Kier molecular flexibility index (Phi) is 12.1. The molecule has 0 aromatic heterocycles. The van der Waals surface area contributed by atoms with Gasteiger partial charge in [-0.15, -0.1) is 0 Å². The van der Waals surface area contributed by atoms with E-state index in [1.807, 2.05) is 0 Å². The lowest BCUT2D eigenvalue weighted by Gasteiger charge is -2.14. The van der Waals surface area contributed by atoms with Gasteiger partial charge in [0.1, 0.15) is 0 Å². The van der Waals surface area contributed by atoms with Gasteiger partial charge in [0.15, 0.2) is 0 Å². The van der Waals surface area contributed by atoms with Crippen LogP contribution in [-0.4, -0.2) is 16.5 Å². The fourth-order valence-corrected chi connectivity index (χ4v) is 2.37. The Bertz CT molecular complexity index is 262. The van der Waals surface area contributed by atoms with E-state index in [2.05, 4.69) is 31.3 Å². The van der Waals surface area contributed by atoms with Gasteiger partial charge in [0, 0.05) is 5.57 Å². The topological polar surface area (TPSA) is 26.3 Å². The van der Waals surface area contributed by atoms with Crippen molar-refractivity contribution in [3.8, 4) is 0 Å². The highest BCUT2D eigenvalue weighted by Gasteiger charge is 2.15. The van der Waals surface area contributed by atoms with Gasteiger partial charge in [-0.3, -0.25) is 0 Å². The smallest absolute Gasteiger partial charge is 0.345 e. The lowest BCUT2D eigenvalue weighted by atomic mass is 9.94. The van der Waals surface area contributed by atoms with Crippen LogP contribution in [0.25, 0.3) is 0 Å². The van der Waals surface area contributed by atoms with Gasteiger partial charge in [-0.1, -0.05) is 52.0 Å². The molecule has 3 heteroatoms. The Morgan fingerprint density at radius 1 is 0.842 bits per heavy atom. The highest BCUT2D eigenvalue weighted by atomic mass is 28.2. The molecule has 0 aromatic rings. The monoisotopic (exact) mass is 281 g/mol. The number of carbonyl (C=O) groups is 1. The van der Waals surface area contributed by atoms with E-state index < -0.39 is 0 Å². The average molecular weight is 281 g/mol. The second kappa shape index (κ2) is 12.5. The molecule has 0 aliphatic carbocycles. The van der Waals surface area contributed by atoms with Crippen molar-refractivity contribution >= 4 is 16.5 Å². The molecule has 0 saturated heterocycles. The Hall–Kier alpha value is -0.573. The Labute approximate surface area is 122 Å². The zero-order valence-corrected chi connectivity index (χ0v) is 13.9. The number of allylic oxidation sites excluding steroid dienone is 1. The van der Waals surface area contributed by atoms with E-state index in [4.69, 9.17) is 4.43 Å². The fourth-order valence-electron chi connectivity index (χ4n) is 2.24. The van der Waals surface area contributed by atoms with Gasteiger partial charge in [-0.25, -0.2) is 4.79 Å². The van der Waals surface area contributed by atoms with E-state index in [9.17, 15) is 4.79 Å². The Morgan fingerprint density at radius 3 is 1.79 bits per heavy atom. The lowest BCUT2D eigenvalue weighted by molar-refractivity contribution is -0.130. The molecule has 0 unspecified atom stereocenters. The fraction of sp³-hybridized carbons (Fsp3) is 0.812. The molecule has 0 N–H and O–H groups in total. The van der Waals surface area contributed by atoms with Gasteiger partial charge < -0.3 is 4.43 Å². The van der Waals surface area contributed by atoms with Crippen molar-refractivity contribution in [3.05, 3.63) is 11.1 Å². The normalized spacial score (nSPS) is 10.3. The Morgan fingerprint density at radius 2 is 1.37 bits per heavy atom. The van der Waals surface area contributed by atoms with Crippen LogP contribution in [0.4, 0.5) is 0 Å². The number of rotatable bonds is 11. The third kappa shape index (κ3) is 8.25. The molecule has 19 heavy (non-hydrogen) atoms. The third-order valence-corrected chi connectivity index (χ3v) is 3.65. The van der Waals surface area contributed by atoms with Crippen LogP contribution in [0, 0.1) is 0 Å². The van der Waals surface area contributed by atoms with E-state index in [1.165, 1.54) is 31.3 Å². The van der Waals surface area contributed by atoms with Gasteiger partial charge in [0.05, 0.1) is 0 Å². The molecule has 0 aromatic carbocycles. The second-order valence-corrected chi connectivity index (χ2v) is 5.34. The van der Waals surface area contributed by atoms with Crippen LogP contribution >= 0.6 is 0 Å². The molecule has 2 nitrogen and oxygen atoms in total. The zero-order valence-electron chi connectivity index (χ0n) is 12.9. The molecular formula is C16H29O2Si. The van der Waals surface area contributed by atoms with E-state index in [-0.39, 0.29) is 5.97 Å². The van der Waals surface area contributed by atoms with Crippen molar-refractivity contribution < 1.29 is 9.22 Å². The van der Waals surface area contributed by atoms with Gasteiger partial charge >= 0.3 is 16.5 Å². The van der Waals surface area contributed by atoms with Crippen LogP contribution in [0.3, 0.4) is 0 Å². The maximum absolute atomic E-state index is 11.9. The molecule has 0 bridgehead atoms. The van der Waals surface area contributed by atoms with Crippen molar-refractivity contribution in [2.75, 3.05) is 0 Å². The first-order chi connectivity index (χ1) is 9.21. The summed E-state index contributed by atoms with van der Waals surface area (Å²) in [6, 6.07) is 0. The summed E-state index contributed by atoms with van der Waals surface area (Å²) in [7, 11) is 2.90. The number of unbranched alkanes of at least 4 members (excludes halogenated alkanes) is 4. The molecule has 0 rings (SSSR count). The third-order valence-electron chi connectivity index (χ3n) is 3.46. The second-order valence-electron chi connectivity index (χ2n) is 5.14. The van der Waals surface area contributed by atoms with E-state index >= 15 is 0 Å². The first kappa shape index (κ1) is 18.4. The summed E-state index contributed by atoms with van der Waals surface area (Å²) < 4.78 is 4.79. The molecule has 0 aliphatic heterocycles. The minimum Gasteiger partial charge on any atom is -0.513 e. The minimum absolute atomic E-state index is 0.185. The van der Waals surface area contributed by atoms with E-state index in [0.717, 1.165) is 44.1 Å². The lowest BCUT2D eigenvalue weighted by Crippen LogP contribution is -2.09. The predicted octanol–water partition coefficient (Wildman–Crippen LogP) is 4.87. The molecule has 3 radical (unpaired) electrons. The molecule has 0 aliphatic rings. The van der Waals surface area contributed by atoms with Gasteiger partial charge in [-0.05, 0) is 38.5 Å². The first-order valence-corrected chi connectivity index (χ1v) is 8.20. The van der Waals surface area contributed by atoms with Crippen LogP contribution in [0.5, 0.6) is 0 Å². The summed E-state index contributed by atoms with van der Waals surface area (Å²) in [5.74, 6) is -0.185. The molecular weight excluding hydrogens is 252 g/mol. The summed E-state index contributed by atoms with van der Waals surface area (Å²) >= 11 is 0. The standard InChI is InChI=1S/C16H29O2Si/c1-4-7-10-13-15(16(17)18-19)14(11-8-5-2)12-9-6-3/h4-13H2,1-3H3. The van der Waals surface area contributed by atoms with E-state index in [1.54, 1.807) is 0 Å². The quantitative estimate of drug-likeness (QED) is 0.307. The number of hydrogen-bond donors (Lipinski definition) is 0. The van der Waals surface area contributed by atoms with Gasteiger partial charge in [0.25, 0.3) is 0 Å². The Balaban J connectivity index is 4.86. The summed E-state index contributed by atoms with van der Waals surface area (Å²) in [4.78, 5) is 11.9. The zero-order chi connectivity index (χ0) is 14.5. The maximum Gasteiger partial charge on any atom is 0.345 e. The molecule has 0 amide bonds. The van der Waals surface area contributed by atoms with Crippen LogP contribution in [0.15, 0.2) is 11.1 Å². The predicted molar refractivity (Wildman–Crippen MR) is 82.1 cm³/mol. The van der Waals surface area contributed by atoms with Crippen molar-refractivity contribution in [2.45, 2.75) is 85.0 Å². The minimum atomic E-state index is -0.185. The summed E-state index contributed by atoms with van der Waals surface area (Å²) in [6.45, 7) is 6.56. The summed E-state index contributed by atoms with van der Waals surface area (Å²) in [6.07, 6.45) is 11.0. The SMILES string of the molecule is CCCCCC(C(=O)O[Si])=C(CCCC)CCCC.